The van der Waals surface area contributed by atoms with Crippen LogP contribution in [0.3, 0.4) is 0 Å². The first-order valence-electron chi connectivity index (χ1n) is 9.50. The fourth-order valence-corrected chi connectivity index (χ4v) is 4.27. The number of carbonyl (C=O) groups is 1. The van der Waals surface area contributed by atoms with Gasteiger partial charge in [0.1, 0.15) is 11.4 Å². The van der Waals surface area contributed by atoms with Crippen LogP contribution in [0.25, 0.3) is 33.3 Å². The van der Waals surface area contributed by atoms with Gasteiger partial charge in [-0.15, -0.1) is 10.2 Å². The van der Waals surface area contributed by atoms with Gasteiger partial charge in [0, 0.05) is 23.1 Å². The Morgan fingerprint density at radius 3 is 2.41 bits per heavy atom. The van der Waals surface area contributed by atoms with E-state index in [2.05, 4.69) is 51.9 Å². The first kappa shape index (κ1) is 17.8. The summed E-state index contributed by atoms with van der Waals surface area (Å²) in [6.07, 6.45) is 0.816. The van der Waals surface area contributed by atoms with E-state index in [1.807, 2.05) is 30.3 Å². The lowest BCUT2D eigenvalue weighted by Gasteiger charge is -2.05. The fraction of sp³-hybridized carbons (Fsp3) is 0.130. The Bertz CT molecular complexity index is 1200. The number of nitrogens with one attached hydrogen (secondary N) is 1. The Labute approximate surface area is 172 Å². The molecule has 1 amide bonds. The first-order chi connectivity index (χ1) is 14.3. The molecule has 1 heterocycles. The summed E-state index contributed by atoms with van der Waals surface area (Å²) in [6, 6.07) is 22.5. The minimum atomic E-state index is -0.0274. The Hall–Kier alpha value is -3.25. The van der Waals surface area contributed by atoms with Crippen molar-refractivity contribution in [1.82, 2.24) is 20.5 Å². The van der Waals surface area contributed by atoms with Crippen LogP contribution < -0.4 is 5.32 Å². The zero-order chi connectivity index (χ0) is 19.6. The van der Waals surface area contributed by atoms with Gasteiger partial charge in [0.15, 0.2) is 0 Å². The summed E-state index contributed by atoms with van der Waals surface area (Å²) in [5.74, 6) is 0.243. The van der Waals surface area contributed by atoms with Crippen LogP contribution in [0, 0.1) is 0 Å². The second kappa shape index (κ2) is 7.64. The molecule has 0 fully saturated rings. The molecular formula is C23H18N4OS. The molecular weight excluding hydrogens is 380 g/mol. The molecule has 29 heavy (non-hydrogen) atoms. The van der Waals surface area contributed by atoms with Gasteiger partial charge in [0.05, 0.1) is 5.75 Å². The number of hydrogen-bond donors (Lipinski definition) is 1. The minimum absolute atomic E-state index is 0.0274. The van der Waals surface area contributed by atoms with E-state index in [0.717, 1.165) is 28.9 Å². The molecule has 0 saturated heterocycles. The second-order valence-electron chi connectivity index (χ2n) is 6.88. The van der Waals surface area contributed by atoms with Gasteiger partial charge < -0.3 is 5.32 Å². The Morgan fingerprint density at radius 2 is 1.62 bits per heavy atom. The molecule has 0 aliphatic heterocycles. The number of hydrogen-bond acceptors (Lipinski definition) is 5. The Kier molecular flexibility index (Phi) is 4.69. The molecule has 0 radical (unpaired) electrons. The van der Waals surface area contributed by atoms with Crippen molar-refractivity contribution in [3.8, 4) is 22.5 Å². The zero-order valence-electron chi connectivity index (χ0n) is 15.6. The monoisotopic (exact) mass is 398 g/mol. The third kappa shape index (κ3) is 3.47. The van der Waals surface area contributed by atoms with Gasteiger partial charge in [-0.05, 0) is 17.4 Å². The van der Waals surface area contributed by atoms with Gasteiger partial charge in [-0.1, -0.05) is 78.5 Å². The van der Waals surface area contributed by atoms with Crippen molar-refractivity contribution in [2.75, 3.05) is 12.3 Å². The first-order valence-corrected chi connectivity index (χ1v) is 10.5. The van der Waals surface area contributed by atoms with Gasteiger partial charge >= 0.3 is 0 Å². The number of nitrogens with zero attached hydrogens (tertiary/aromatic N) is 3. The van der Waals surface area contributed by atoms with Crippen molar-refractivity contribution in [2.45, 2.75) is 11.6 Å². The largest absolute Gasteiger partial charge is 0.355 e. The summed E-state index contributed by atoms with van der Waals surface area (Å²) in [7, 11) is 0. The van der Waals surface area contributed by atoms with E-state index in [9.17, 15) is 4.79 Å². The SMILES string of the molecule is O=C(CSc1nnc2c(n1)-c1cccc3cccc-2c13)NCCc1ccccc1. The van der Waals surface area contributed by atoms with Crippen molar-refractivity contribution in [3.63, 3.8) is 0 Å². The van der Waals surface area contributed by atoms with Crippen LogP contribution in [-0.2, 0) is 11.2 Å². The zero-order valence-corrected chi connectivity index (χ0v) is 16.4. The van der Waals surface area contributed by atoms with E-state index >= 15 is 0 Å². The number of benzene rings is 3. The Morgan fingerprint density at radius 1 is 0.862 bits per heavy atom. The molecule has 1 N–H and O–H groups in total. The average molecular weight is 398 g/mol. The molecule has 1 aromatic heterocycles. The van der Waals surface area contributed by atoms with Crippen molar-refractivity contribution in [1.29, 1.82) is 0 Å². The maximum absolute atomic E-state index is 12.2. The number of amides is 1. The van der Waals surface area contributed by atoms with Crippen molar-refractivity contribution < 1.29 is 4.79 Å². The lowest BCUT2D eigenvalue weighted by atomic mass is 10.0. The molecule has 0 bridgehead atoms. The van der Waals surface area contributed by atoms with Crippen molar-refractivity contribution in [3.05, 3.63) is 72.3 Å². The molecule has 0 atom stereocenters. The number of carbonyl (C=O) groups excluding carboxylic acids is 1. The van der Waals surface area contributed by atoms with Crippen LogP contribution in [0.2, 0.25) is 0 Å². The lowest BCUT2D eigenvalue weighted by Crippen LogP contribution is -2.27. The van der Waals surface area contributed by atoms with Crippen LogP contribution >= 0.6 is 11.8 Å². The lowest BCUT2D eigenvalue weighted by molar-refractivity contribution is -0.118. The van der Waals surface area contributed by atoms with Gasteiger partial charge in [0.25, 0.3) is 0 Å². The molecule has 5 nitrogen and oxygen atoms in total. The summed E-state index contributed by atoms with van der Waals surface area (Å²) in [5, 5.41) is 14.5. The molecule has 6 heteroatoms. The molecule has 142 valence electrons. The van der Waals surface area contributed by atoms with Crippen LogP contribution in [0.4, 0.5) is 0 Å². The van der Waals surface area contributed by atoms with Gasteiger partial charge in [-0.25, -0.2) is 4.98 Å². The van der Waals surface area contributed by atoms with Crippen LogP contribution in [-0.4, -0.2) is 33.4 Å². The molecule has 0 unspecified atom stereocenters. The van der Waals surface area contributed by atoms with Crippen LogP contribution in [0.15, 0.2) is 71.9 Å². The second-order valence-corrected chi connectivity index (χ2v) is 7.82. The van der Waals surface area contributed by atoms with E-state index < -0.39 is 0 Å². The maximum atomic E-state index is 12.2. The van der Waals surface area contributed by atoms with Gasteiger partial charge in [0.2, 0.25) is 11.1 Å². The fourth-order valence-electron chi connectivity index (χ4n) is 3.65. The molecule has 4 aromatic rings. The van der Waals surface area contributed by atoms with Crippen LogP contribution in [0.5, 0.6) is 0 Å². The predicted molar refractivity (Wildman–Crippen MR) is 116 cm³/mol. The summed E-state index contributed by atoms with van der Waals surface area (Å²) in [6.45, 7) is 0.615. The Balaban J connectivity index is 1.25. The van der Waals surface area contributed by atoms with Gasteiger partial charge in [-0.3, -0.25) is 4.79 Å². The van der Waals surface area contributed by atoms with E-state index in [1.54, 1.807) is 0 Å². The van der Waals surface area contributed by atoms with Crippen LogP contribution in [0.1, 0.15) is 5.56 Å². The minimum Gasteiger partial charge on any atom is -0.355 e. The average Bonchev–Trinajstić information content (AvgIpc) is 3.09. The standard InChI is InChI=1S/C23H18N4OS/c28-19(24-13-12-15-6-2-1-3-7-15)14-29-23-25-21-17-10-4-8-16-9-5-11-18(20(16)17)22(21)26-27-23/h1-11H,12-14H2,(H,24,28). The predicted octanol–water partition coefficient (Wildman–Crippen LogP) is 4.12. The number of fused-ring (bicyclic) bond motifs is 3. The van der Waals surface area contributed by atoms with E-state index in [4.69, 9.17) is 4.98 Å². The van der Waals surface area contributed by atoms with E-state index in [-0.39, 0.29) is 11.7 Å². The highest BCUT2D eigenvalue weighted by atomic mass is 32.2. The number of rotatable bonds is 6. The van der Waals surface area contributed by atoms with Gasteiger partial charge in [-0.2, -0.15) is 0 Å². The third-order valence-corrected chi connectivity index (χ3v) is 5.83. The molecule has 0 spiro atoms. The highest BCUT2D eigenvalue weighted by Gasteiger charge is 2.24. The van der Waals surface area contributed by atoms with E-state index in [0.29, 0.717) is 11.7 Å². The van der Waals surface area contributed by atoms with Crippen molar-refractivity contribution >= 4 is 28.4 Å². The molecule has 1 aliphatic carbocycles. The quantitative estimate of drug-likeness (QED) is 0.436. The maximum Gasteiger partial charge on any atom is 0.230 e. The molecule has 3 aromatic carbocycles. The summed E-state index contributed by atoms with van der Waals surface area (Å²) < 4.78 is 0. The normalized spacial score (nSPS) is 11.4. The summed E-state index contributed by atoms with van der Waals surface area (Å²) >= 11 is 1.31. The third-order valence-electron chi connectivity index (χ3n) is 4.99. The smallest absolute Gasteiger partial charge is 0.230 e. The molecule has 1 aliphatic rings. The topological polar surface area (TPSA) is 67.8 Å². The van der Waals surface area contributed by atoms with Crippen molar-refractivity contribution in [2.24, 2.45) is 0 Å². The summed E-state index contributed by atoms with van der Waals surface area (Å²) in [5.41, 5.74) is 5.02. The highest BCUT2D eigenvalue weighted by molar-refractivity contribution is 7.99. The van der Waals surface area contributed by atoms with E-state index in [1.165, 1.54) is 28.1 Å². The molecule has 5 rings (SSSR count). The summed E-state index contributed by atoms with van der Waals surface area (Å²) in [4.78, 5) is 16.9. The highest BCUT2D eigenvalue weighted by Crippen LogP contribution is 2.44. The number of thioether (sulfide) groups is 1. The molecule has 0 saturated carbocycles. The number of aromatic nitrogens is 3.